The monoisotopic (exact) mass is 541 g/mol. The first kappa shape index (κ1) is 25.5. The minimum absolute atomic E-state index is 0.0328. The normalized spacial score (nSPS) is 22.3. The highest BCUT2D eigenvalue weighted by Crippen LogP contribution is 2.61. The van der Waals surface area contributed by atoms with E-state index < -0.39 is 17.8 Å². The summed E-state index contributed by atoms with van der Waals surface area (Å²) in [4.78, 5) is 42.5. The van der Waals surface area contributed by atoms with Crippen LogP contribution in [-0.4, -0.2) is 17.8 Å². The number of benzene rings is 4. The molecule has 0 saturated carbocycles. The van der Waals surface area contributed by atoms with Gasteiger partial charge >= 0.3 is 5.97 Å². The van der Waals surface area contributed by atoms with Gasteiger partial charge in [-0.2, -0.15) is 0 Å². The number of hydrogen-bond acceptors (Lipinski definition) is 4. The number of ether oxygens (including phenoxy) is 1. The van der Waals surface area contributed by atoms with Crippen molar-refractivity contribution in [3.8, 4) is 5.75 Å². The third-order valence-electron chi connectivity index (χ3n) is 9.52. The molecule has 0 aromatic heterocycles. The van der Waals surface area contributed by atoms with Crippen molar-refractivity contribution in [3.05, 3.63) is 130 Å². The molecule has 1 saturated heterocycles. The number of hydrogen-bond donors (Lipinski definition) is 0. The molecule has 1 aliphatic heterocycles. The summed E-state index contributed by atoms with van der Waals surface area (Å²) in [7, 11) is 0. The second-order valence-corrected chi connectivity index (χ2v) is 12.0. The average molecular weight is 542 g/mol. The van der Waals surface area contributed by atoms with E-state index in [1.165, 1.54) is 10.5 Å². The molecule has 2 unspecified atom stereocenters. The Morgan fingerprint density at radius 2 is 1.24 bits per heavy atom. The number of rotatable bonds is 5. The van der Waals surface area contributed by atoms with Crippen molar-refractivity contribution >= 4 is 23.5 Å². The molecule has 8 rings (SSSR count). The first-order valence-electron chi connectivity index (χ1n) is 14.3. The lowest BCUT2D eigenvalue weighted by Gasteiger charge is -2.45. The Labute approximate surface area is 239 Å². The second kappa shape index (κ2) is 9.27. The van der Waals surface area contributed by atoms with Crippen LogP contribution in [0.2, 0.25) is 0 Å². The van der Waals surface area contributed by atoms with Crippen molar-refractivity contribution in [1.29, 1.82) is 0 Å². The van der Waals surface area contributed by atoms with E-state index in [4.69, 9.17) is 4.74 Å². The lowest BCUT2D eigenvalue weighted by atomic mass is 9.55. The maximum atomic E-state index is 14.1. The molecule has 0 spiro atoms. The minimum atomic E-state index is -0.536. The van der Waals surface area contributed by atoms with Crippen molar-refractivity contribution in [2.24, 2.45) is 11.8 Å². The highest BCUT2D eigenvalue weighted by Gasteiger charge is 2.61. The Kier molecular flexibility index (Phi) is 5.75. The van der Waals surface area contributed by atoms with Crippen LogP contribution < -0.4 is 9.64 Å². The van der Waals surface area contributed by atoms with Crippen molar-refractivity contribution in [3.63, 3.8) is 0 Å². The van der Waals surface area contributed by atoms with Crippen LogP contribution in [0.15, 0.2) is 97.1 Å². The van der Waals surface area contributed by atoms with Crippen LogP contribution in [-0.2, 0) is 15.0 Å². The van der Waals surface area contributed by atoms with Crippen molar-refractivity contribution in [2.75, 3.05) is 4.90 Å². The van der Waals surface area contributed by atoms with E-state index in [1.807, 2.05) is 36.4 Å². The zero-order valence-corrected chi connectivity index (χ0v) is 23.3. The fourth-order valence-corrected chi connectivity index (χ4v) is 7.05. The Bertz CT molecular complexity index is 1600. The number of anilines is 1. The molecule has 3 aliphatic carbocycles. The summed E-state index contributed by atoms with van der Waals surface area (Å²) in [6.45, 7) is 6.51. The van der Waals surface area contributed by atoms with E-state index >= 15 is 0 Å². The van der Waals surface area contributed by atoms with Gasteiger partial charge in [-0.1, -0.05) is 87.5 Å². The molecule has 41 heavy (non-hydrogen) atoms. The van der Waals surface area contributed by atoms with Gasteiger partial charge in [0.05, 0.1) is 23.1 Å². The molecule has 1 fully saturated rings. The molecule has 4 aromatic rings. The zero-order valence-electron chi connectivity index (χ0n) is 23.3. The predicted molar refractivity (Wildman–Crippen MR) is 157 cm³/mol. The van der Waals surface area contributed by atoms with Gasteiger partial charge < -0.3 is 4.74 Å². The zero-order chi connectivity index (χ0) is 28.5. The number of carbonyl (C=O) groups is 3. The van der Waals surface area contributed by atoms with Crippen LogP contribution in [0.1, 0.15) is 77.2 Å². The molecule has 4 aromatic carbocycles. The summed E-state index contributed by atoms with van der Waals surface area (Å²) in [5, 5.41) is 0. The van der Waals surface area contributed by atoms with Crippen LogP contribution in [0.3, 0.4) is 0 Å². The molecule has 204 valence electrons. The van der Waals surface area contributed by atoms with Gasteiger partial charge in [0.15, 0.2) is 0 Å². The van der Waals surface area contributed by atoms with Crippen molar-refractivity contribution in [2.45, 2.75) is 44.4 Å². The van der Waals surface area contributed by atoms with E-state index in [0.29, 0.717) is 11.4 Å². The SMILES string of the molecule is CCC(C)(C)c1ccc(OC(=O)c2cccc(N3C(=O)C4C5c6ccccc6C(c6ccccc65)C4C3=O)c2)cc1. The van der Waals surface area contributed by atoms with Crippen molar-refractivity contribution in [1.82, 2.24) is 0 Å². The van der Waals surface area contributed by atoms with Gasteiger partial charge in [0, 0.05) is 11.8 Å². The maximum absolute atomic E-state index is 14.1. The van der Waals surface area contributed by atoms with Gasteiger partial charge in [0.1, 0.15) is 5.75 Å². The van der Waals surface area contributed by atoms with Gasteiger partial charge in [-0.3, -0.25) is 9.59 Å². The number of amides is 2. The van der Waals surface area contributed by atoms with Gasteiger partial charge in [0.2, 0.25) is 11.8 Å². The highest BCUT2D eigenvalue weighted by molar-refractivity contribution is 6.23. The first-order chi connectivity index (χ1) is 19.8. The molecular weight excluding hydrogens is 510 g/mol. The van der Waals surface area contributed by atoms with E-state index in [-0.39, 0.29) is 34.6 Å². The topological polar surface area (TPSA) is 63.7 Å². The summed E-state index contributed by atoms with van der Waals surface area (Å²) in [5.74, 6) is -1.80. The van der Waals surface area contributed by atoms with E-state index in [0.717, 1.165) is 28.7 Å². The summed E-state index contributed by atoms with van der Waals surface area (Å²) in [6.07, 6.45) is 0.994. The maximum Gasteiger partial charge on any atom is 0.343 e. The molecule has 4 aliphatic rings. The standard InChI is InChI=1S/C36H31NO4/c1-4-36(2,3)22-16-18-24(19-17-22)41-35(40)21-10-9-11-23(20-21)37-33(38)31-29-25-12-5-6-13-26(25)30(32(31)34(37)39)28-15-8-7-14-27(28)29/h5-20,29-32H,4H2,1-3H3. The molecular formula is C36H31NO4. The van der Waals surface area contributed by atoms with Crippen LogP contribution in [0.25, 0.3) is 0 Å². The molecule has 5 nitrogen and oxygen atoms in total. The third-order valence-corrected chi connectivity index (χ3v) is 9.52. The number of imide groups is 1. The molecule has 2 bridgehead atoms. The lowest BCUT2D eigenvalue weighted by Crippen LogP contribution is -2.41. The Hall–Kier alpha value is -4.51. The van der Waals surface area contributed by atoms with Gasteiger partial charge in [0.25, 0.3) is 0 Å². The molecule has 1 heterocycles. The molecule has 5 heteroatoms. The quantitative estimate of drug-likeness (QED) is 0.155. The van der Waals surface area contributed by atoms with E-state index in [2.05, 4.69) is 45.0 Å². The summed E-state index contributed by atoms with van der Waals surface area (Å²) >= 11 is 0. The van der Waals surface area contributed by atoms with Crippen LogP contribution >= 0.6 is 0 Å². The largest absolute Gasteiger partial charge is 0.423 e. The highest BCUT2D eigenvalue weighted by atomic mass is 16.5. The smallest absolute Gasteiger partial charge is 0.343 e. The number of esters is 1. The Balaban J connectivity index is 1.19. The lowest BCUT2D eigenvalue weighted by molar-refractivity contribution is -0.122. The Morgan fingerprint density at radius 1 is 0.732 bits per heavy atom. The van der Waals surface area contributed by atoms with Crippen LogP contribution in [0.4, 0.5) is 5.69 Å². The number of carbonyl (C=O) groups excluding carboxylic acids is 3. The van der Waals surface area contributed by atoms with Gasteiger partial charge in [-0.15, -0.1) is 0 Å². The average Bonchev–Trinajstić information content (AvgIpc) is 3.27. The van der Waals surface area contributed by atoms with Crippen molar-refractivity contribution < 1.29 is 19.1 Å². The molecule has 0 radical (unpaired) electrons. The second-order valence-electron chi connectivity index (χ2n) is 12.0. The summed E-state index contributed by atoms with van der Waals surface area (Å²) in [5.41, 5.74) is 6.41. The third kappa shape index (κ3) is 3.79. The number of nitrogens with zero attached hydrogens (tertiary/aromatic N) is 1. The fraction of sp³-hybridized carbons (Fsp3) is 0.250. The fourth-order valence-electron chi connectivity index (χ4n) is 7.05. The summed E-state index contributed by atoms with van der Waals surface area (Å²) in [6, 6.07) is 30.6. The summed E-state index contributed by atoms with van der Waals surface area (Å²) < 4.78 is 5.67. The molecule has 2 atom stereocenters. The molecule has 2 amide bonds. The first-order valence-corrected chi connectivity index (χ1v) is 14.3. The van der Waals surface area contributed by atoms with Gasteiger partial charge in [-0.25, -0.2) is 9.69 Å². The minimum Gasteiger partial charge on any atom is -0.423 e. The van der Waals surface area contributed by atoms with E-state index in [1.54, 1.807) is 36.4 Å². The van der Waals surface area contributed by atoms with Crippen LogP contribution in [0, 0.1) is 11.8 Å². The predicted octanol–water partition coefficient (Wildman–Crippen LogP) is 6.99. The molecule has 0 N–H and O–H groups in total. The van der Waals surface area contributed by atoms with Crippen LogP contribution in [0.5, 0.6) is 5.75 Å². The van der Waals surface area contributed by atoms with Gasteiger partial charge in [-0.05, 0) is 70.0 Å². The Morgan fingerprint density at radius 3 is 1.73 bits per heavy atom. The van der Waals surface area contributed by atoms with E-state index in [9.17, 15) is 14.4 Å².